The second-order valence-electron chi connectivity index (χ2n) is 10.3. The standard InChI is InChI=1S/C30H33N5O3/c1-19(2)28-24-12-9-21(15-26(24)35(34-28)18-20-7-10-23(38-6)11-8-20)16-27(36)32-22-13-14-31-25(17-22)29(37)33-30(3,4)5/h7-15,17H,1,16,18H2,2-6H3,(H,33,37)(H,31,32,36). The van der Waals surface area contributed by atoms with Crippen molar-refractivity contribution in [1.82, 2.24) is 20.1 Å². The predicted octanol–water partition coefficient (Wildman–Crippen LogP) is 5.23. The second kappa shape index (κ2) is 10.9. The van der Waals surface area contributed by atoms with E-state index in [2.05, 4.69) is 22.2 Å². The SMILES string of the molecule is C=C(C)c1nn(Cc2ccc(OC)cc2)c2cc(CC(=O)Nc3ccnc(C(=O)NC(C)(C)C)c3)ccc12. The van der Waals surface area contributed by atoms with Crippen molar-refractivity contribution in [3.63, 3.8) is 0 Å². The van der Waals surface area contributed by atoms with Gasteiger partial charge in [-0.05, 0) is 74.7 Å². The third kappa shape index (κ3) is 6.45. The molecule has 0 unspecified atom stereocenters. The molecule has 0 saturated carbocycles. The minimum atomic E-state index is -0.388. The Kier molecular flexibility index (Phi) is 7.62. The first-order valence-corrected chi connectivity index (χ1v) is 12.4. The van der Waals surface area contributed by atoms with Crippen LogP contribution in [0, 0.1) is 0 Å². The number of fused-ring (bicyclic) bond motifs is 1. The van der Waals surface area contributed by atoms with Crippen LogP contribution in [0.2, 0.25) is 0 Å². The van der Waals surface area contributed by atoms with Crippen molar-refractivity contribution in [2.45, 2.75) is 46.2 Å². The van der Waals surface area contributed by atoms with Gasteiger partial charge in [-0.1, -0.05) is 30.8 Å². The van der Waals surface area contributed by atoms with E-state index in [0.717, 1.165) is 39.0 Å². The molecule has 0 bridgehead atoms. The second-order valence-corrected chi connectivity index (χ2v) is 10.3. The van der Waals surface area contributed by atoms with E-state index in [1.807, 2.05) is 74.8 Å². The zero-order valence-electron chi connectivity index (χ0n) is 22.5. The van der Waals surface area contributed by atoms with Crippen molar-refractivity contribution in [3.05, 3.63) is 89.9 Å². The monoisotopic (exact) mass is 511 g/mol. The van der Waals surface area contributed by atoms with Gasteiger partial charge in [-0.3, -0.25) is 19.3 Å². The van der Waals surface area contributed by atoms with Gasteiger partial charge in [0.15, 0.2) is 0 Å². The summed E-state index contributed by atoms with van der Waals surface area (Å²) in [6.45, 7) is 12.3. The Morgan fingerprint density at radius 2 is 1.74 bits per heavy atom. The molecule has 0 aliphatic rings. The highest BCUT2D eigenvalue weighted by atomic mass is 16.5. The van der Waals surface area contributed by atoms with Gasteiger partial charge in [0.05, 0.1) is 31.3 Å². The molecule has 38 heavy (non-hydrogen) atoms. The number of anilines is 1. The van der Waals surface area contributed by atoms with Crippen LogP contribution in [-0.2, 0) is 17.8 Å². The molecule has 2 amide bonds. The molecule has 0 atom stereocenters. The summed E-state index contributed by atoms with van der Waals surface area (Å²) in [4.78, 5) is 29.5. The molecule has 2 N–H and O–H groups in total. The third-order valence-electron chi connectivity index (χ3n) is 5.84. The normalized spacial score (nSPS) is 11.3. The third-order valence-corrected chi connectivity index (χ3v) is 5.84. The maximum Gasteiger partial charge on any atom is 0.270 e. The molecule has 2 aromatic carbocycles. The van der Waals surface area contributed by atoms with Crippen LogP contribution in [0.15, 0.2) is 67.4 Å². The number of pyridine rings is 1. The summed E-state index contributed by atoms with van der Waals surface area (Å²) in [6.07, 6.45) is 1.67. The van der Waals surface area contributed by atoms with E-state index in [1.165, 1.54) is 6.20 Å². The Hall–Kier alpha value is -4.46. The highest BCUT2D eigenvalue weighted by Crippen LogP contribution is 2.26. The van der Waals surface area contributed by atoms with Crippen molar-refractivity contribution < 1.29 is 14.3 Å². The number of amides is 2. The lowest BCUT2D eigenvalue weighted by Crippen LogP contribution is -2.40. The Labute approximate surface area is 222 Å². The minimum absolute atomic E-state index is 0.165. The number of nitrogens with zero attached hydrogens (tertiary/aromatic N) is 3. The quantitative estimate of drug-likeness (QED) is 0.338. The number of rotatable bonds is 8. The van der Waals surface area contributed by atoms with Gasteiger partial charge in [0, 0.05) is 22.8 Å². The van der Waals surface area contributed by atoms with Gasteiger partial charge < -0.3 is 15.4 Å². The van der Waals surface area contributed by atoms with E-state index >= 15 is 0 Å². The van der Waals surface area contributed by atoms with E-state index in [1.54, 1.807) is 19.2 Å². The topological polar surface area (TPSA) is 98.1 Å². The molecule has 0 saturated heterocycles. The van der Waals surface area contributed by atoms with Crippen LogP contribution in [0.3, 0.4) is 0 Å². The van der Waals surface area contributed by atoms with Crippen LogP contribution in [0.1, 0.15) is 55.0 Å². The summed E-state index contributed by atoms with van der Waals surface area (Å²) in [5.74, 6) is 0.308. The predicted molar refractivity (Wildman–Crippen MR) is 150 cm³/mol. The van der Waals surface area contributed by atoms with Crippen molar-refractivity contribution in [2.24, 2.45) is 0 Å². The molecule has 0 aliphatic heterocycles. The lowest BCUT2D eigenvalue weighted by Gasteiger charge is -2.20. The Bertz CT molecular complexity index is 1500. The maximum atomic E-state index is 12.9. The van der Waals surface area contributed by atoms with Crippen LogP contribution in [-0.4, -0.2) is 39.2 Å². The number of carbonyl (C=O) groups excluding carboxylic acids is 2. The molecule has 196 valence electrons. The lowest BCUT2D eigenvalue weighted by atomic mass is 10.1. The summed E-state index contributed by atoms with van der Waals surface area (Å²) in [7, 11) is 1.64. The molecule has 2 aromatic heterocycles. The van der Waals surface area contributed by atoms with Gasteiger partial charge in [-0.15, -0.1) is 0 Å². The zero-order valence-corrected chi connectivity index (χ0v) is 22.5. The van der Waals surface area contributed by atoms with Crippen molar-refractivity contribution >= 4 is 34.0 Å². The number of benzene rings is 2. The van der Waals surface area contributed by atoms with Crippen molar-refractivity contribution in [2.75, 3.05) is 12.4 Å². The fraction of sp³-hybridized carbons (Fsp3) is 0.267. The Balaban J connectivity index is 1.54. The average Bonchev–Trinajstić information content (AvgIpc) is 3.21. The highest BCUT2D eigenvalue weighted by Gasteiger charge is 2.17. The van der Waals surface area contributed by atoms with E-state index in [9.17, 15) is 9.59 Å². The average molecular weight is 512 g/mol. The van der Waals surface area contributed by atoms with Gasteiger partial charge in [-0.2, -0.15) is 5.10 Å². The van der Waals surface area contributed by atoms with Gasteiger partial charge in [-0.25, -0.2) is 0 Å². The summed E-state index contributed by atoms with van der Waals surface area (Å²) >= 11 is 0. The summed E-state index contributed by atoms with van der Waals surface area (Å²) in [5, 5.41) is 11.5. The van der Waals surface area contributed by atoms with E-state index in [-0.39, 0.29) is 29.5 Å². The van der Waals surface area contributed by atoms with Crippen LogP contribution in [0.5, 0.6) is 5.75 Å². The first-order chi connectivity index (χ1) is 18.0. The van der Waals surface area contributed by atoms with Crippen LogP contribution in [0.25, 0.3) is 16.5 Å². The number of aromatic nitrogens is 3. The smallest absolute Gasteiger partial charge is 0.270 e. The number of nitrogens with one attached hydrogen (secondary N) is 2. The molecule has 8 nitrogen and oxygen atoms in total. The molecule has 4 rings (SSSR count). The van der Waals surface area contributed by atoms with Crippen LogP contribution >= 0.6 is 0 Å². The summed E-state index contributed by atoms with van der Waals surface area (Å²) < 4.78 is 7.20. The molecule has 4 aromatic rings. The minimum Gasteiger partial charge on any atom is -0.497 e. The first kappa shape index (κ1) is 26.6. The largest absolute Gasteiger partial charge is 0.497 e. The fourth-order valence-corrected chi connectivity index (χ4v) is 4.10. The number of hydrogen-bond acceptors (Lipinski definition) is 5. The number of ether oxygens (including phenoxy) is 1. The molecule has 0 radical (unpaired) electrons. The Morgan fingerprint density at radius 1 is 1.03 bits per heavy atom. The highest BCUT2D eigenvalue weighted by molar-refractivity contribution is 5.97. The van der Waals surface area contributed by atoms with Crippen LogP contribution in [0.4, 0.5) is 5.69 Å². The number of methoxy groups -OCH3 is 1. The van der Waals surface area contributed by atoms with E-state index in [0.29, 0.717) is 12.2 Å². The lowest BCUT2D eigenvalue weighted by molar-refractivity contribution is -0.115. The molecule has 0 fully saturated rings. The van der Waals surface area contributed by atoms with E-state index < -0.39 is 0 Å². The zero-order chi connectivity index (χ0) is 27.4. The van der Waals surface area contributed by atoms with Gasteiger partial charge >= 0.3 is 0 Å². The number of allylic oxidation sites excluding steroid dienone is 1. The van der Waals surface area contributed by atoms with Gasteiger partial charge in [0.2, 0.25) is 5.91 Å². The molecule has 8 heteroatoms. The van der Waals surface area contributed by atoms with Gasteiger partial charge in [0.25, 0.3) is 5.91 Å². The number of carbonyl (C=O) groups is 2. The first-order valence-electron chi connectivity index (χ1n) is 12.4. The molecule has 2 heterocycles. The van der Waals surface area contributed by atoms with E-state index in [4.69, 9.17) is 9.84 Å². The maximum absolute atomic E-state index is 12.9. The van der Waals surface area contributed by atoms with Crippen molar-refractivity contribution in [3.8, 4) is 5.75 Å². The van der Waals surface area contributed by atoms with Crippen LogP contribution < -0.4 is 15.4 Å². The van der Waals surface area contributed by atoms with Crippen molar-refractivity contribution in [1.29, 1.82) is 0 Å². The molecule has 0 aliphatic carbocycles. The fourth-order valence-electron chi connectivity index (χ4n) is 4.10. The Morgan fingerprint density at radius 3 is 2.39 bits per heavy atom. The summed E-state index contributed by atoms with van der Waals surface area (Å²) in [5.41, 5.74) is 4.93. The molecular weight excluding hydrogens is 478 g/mol. The number of hydrogen-bond donors (Lipinski definition) is 2. The molecular formula is C30H33N5O3. The summed E-state index contributed by atoms with van der Waals surface area (Å²) in [6, 6.07) is 17.0. The van der Waals surface area contributed by atoms with Gasteiger partial charge in [0.1, 0.15) is 11.4 Å². The molecule has 0 spiro atoms.